The van der Waals surface area contributed by atoms with Crippen molar-refractivity contribution in [2.45, 2.75) is 6.54 Å². The Hall–Kier alpha value is -4.60. The third-order valence-corrected chi connectivity index (χ3v) is 4.86. The van der Waals surface area contributed by atoms with Gasteiger partial charge in [-0.25, -0.2) is 4.39 Å². The summed E-state index contributed by atoms with van der Waals surface area (Å²) in [6.45, 7) is 0.524. The standard InChI is InChI=1S/C22H16FN5O4/c23-17-7-5-15(6-8-17)13-26-14-16(19-3-1-2-4-21(19)26)12-24-25-20-10-9-18(27(29)30)11-22(20)28(31)32/h1-12,14,25H,13H2/b24-12-. The zero-order valence-corrected chi connectivity index (χ0v) is 16.5. The highest BCUT2D eigenvalue weighted by Gasteiger charge is 2.19. The van der Waals surface area contributed by atoms with Gasteiger partial charge in [0.2, 0.25) is 0 Å². The molecule has 4 rings (SSSR count). The summed E-state index contributed by atoms with van der Waals surface area (Å²) in [6.07, 6.45) is 3.40. The highest BCUT2D eigenvalue weighted by atomic mass is 19.1. The van der Waals surface area contributed by atoms with Crippen LogP contribution >= 0.6 is 0 Å². The molecule has 0 fully saturated rings. The molecule has 1 aromatic heterocycles. The van der Waals surface area contributed by atoms with Gasteiger partial charge in [-0.15, -0.1) is 0 Å². The van der Waals surface area contributed by atoms with Gasteiger partial charge in [0.1, 0.15) is 11.5 Å². The molecule has 160 valence electrons. The van der Waals surface area contributed by atoms with Crippen molar-refractivity contribution in [3.8, 4) is 0 Å². The number of aromatic nitrogens is 1. The molecule has 0 saturated carbocycles. The monoisotopic (exact) mass is 433 g/mol. The van der Waals surface area contributed by atoms with E-state index in [1.165, 1.54) is 30.5 Å². The second kappa shape index (κ2) is 8.64. The minimum Gasteiger partial charge on any atom is -0.342 e. The van der Waals surface area contributed by atoms with Crippen molar-refractivity contribution in [2.24, 2.45) is 5.10 Å². The molecule has 10 heteroatoms. The molecule has 0 aliphatic rings. The van der Waals surface area contributed by atoms with Gasteiger partial charge in [-0.1, -0.05) is 30.3 Å². The number of hydrogen-bond acceptors (Lipinski definition) is 6. The van der Waals surface area contributed by atoms with E-state index in [0.29, 0.717) is 6.54 Å². The lowest BCUT2D eigenvalue weighted by Gasteiger charge is -2.05. The molecule has 0 radical (unpaired) electrons. The van der Waals surface area contributed by atoms with Crippen LogP contribution in [-0.2, 0) is 6.54 Å². The fourth-order valence-electron chi connectivity index (χ4n) is 3.35. The molecule has 1 N–H and O–H groups in total. The number of hydrazone groups is 1. The Kier molecular flexibility index (Phi) is 5.58. The zero-order valence-electron chi connectivity index (χ0n) is 16.5. The van der Waals surface area contributed by atoms with Crippen molar-refractivity contribution >= 4 is 34.2 Å². The van der Waals surface area contributed by atoms with E-state index in [9.17, 15) is 24.6 Å². The second-order valence-corrected chi connectivity index (χ2v) is 6.94. The molecule has 0 bridgehead atoms. The molecule has 1 heterocycles. The van der Waals surface area contributed by atoms with E-state index in [1.54, 1.807) is 12.1 Å². The van der Waals surface area contributed by atoms with Crippen molar-refractivity contribution in [3.05, 3.63) is 110 Å². The minimum absolute atomic E-state index is 0.0342. The lowest BCUT2D eigenvalue weighted by molar-refractivity contribution is -0.393. The molecule has 0 spiro atoms. The number of para-hydroxylation sites is 1. The fraction of sp³-hybridized carbons (Fsp3) is 0.0455. The molecule has 32 heavy (non-hydrogen) atoms. The summed E-state index contributed by atoms with van der Waals surface area (Å²) in [6, 6.07) is 17.2. The molecular formula is C22H16FN5O4. The van der Waals surface area contributed by atoms with Crippen LogP contribution in [0.4, 0.5) is 21.5 Å². The molecule has 0 amide bonds. The first-order valence-corrected chi connectivity index (χ1v) is 9.46. The lowest BCUT2D eigenvalue weighted by atomic mass is 10.2. The van der Waals surface area contributed by atoms with Gasteiger partial charge in [-0.3, -0.25) is 25.7 Å². The van der Waals surface area contributed by atoms with Crippen LogP contribution in [-0.4, -0.2) is 20.6 Å². The fourth-order valence-corrected chi connectivity index (χ4v) is 3.35. The molecule has 4 aromatic rings. The third kappa shape index (κ3) is 4.29. The average molecular weight is 433 g/mol. The summed E-state index contributed by atoms with van der Waals surface area (Å²) in [5.74, 6) is -0.301. The van der Waals surface area contributed by atoms with Crippen LogP contribution in [0.15, 0.2) is 78.0 Å². The number of nitro benzene ring substituents is 2. The summed E-state index contributed by atoms with van der Waals surface area (Å²) >= 11 is 0. The first kappa shape index (κ1) is 20.7. The van der Waals surface area contributed by atoms with Crippen molar-refractivity contribution in [2.75, 3.05) is 5.43 Å². The summed E-state index contributed by atoms with van der Waals surface area (Å²) in [4.78, 5) is 20.7. The minimum atomic E-state index is -0.709. The predicted octanol–water partition coefficient (Wildman–Crippen LogP) is 5.09. The van der Waals surface area contributed by atoms with Crippen LogP contribution in [0.3, 0.4) is 0 Å². The Balaban J connectivity index is 1.62. The van der Waals surface area contributed by atoms with Gasteiger partial charge in [-0.05, 0) is 29.8 Å². The quantitative estimate of drug-likeness (QED) is 0.248. The normalized spacial score (nSPS) is 11.2. The van der Waals surface area contributed by atoms with Crippen LogP contribution < -0.4 is 5.43 Å². The maximum atomic E-state index is 13.2. The van der Waals surface area contributed by atoms with Gasteiger partial charge in [0, 0.05) is 35.3 Å². The molecule has 9 nitrogen and oxygen atoms in total. The lowest BCUT2D eigenvalue weighted by Crippen LogP contribution is -1.99. The van der Waals surface area contributed by atoms with E-state index >= 15 is 0 Å². The number of non-ortho nitro benzene ring substituents is 1. The molecule has 0 aliphatic carbocycles. The van der Waals surface area contributed by atoms with E-state index in [0.717, 1.165) is 28.1 Å². The number of anilines is 1. The van der Waals surface area contributed by atoms with Crippen LogP contribution in [0.1, 0.15) is 11.1 Å². The number of benzene rings is 3. The van der Waals surface area contributed by atoms with Crippen molar-refractivity contribution < 1.29 is 14.2 Å². The van der Waals surface area contributed by atoms with Gasteiger partial charge in [0.05, 0.1) is 22.1 Å². The van der Waals surface area contributed by atoms with Gasteiger partial charge < -0.3 is 4.57 Å². The van der Waals surface area contributed by atoms with Crippen LogP contribution in [0.25, 0.3) is 10.9 Å². The molecule has 3 aromatic carbocycles. The molecule has 0 aliphatic heterocycles. The van der Waals surface area contributed by atoms with Crippen LogP contribution in [0, 0.1) is 26.0 Å². The van der Waals surface area contributed by atoms with Gasteiger partial charge in [0.25, 0.3) is 5.69 Å². The smallest absolute Gasteiger partial charge is 0.301 e. The van der Waals surface area contributed by atoms with Gasteiger partial charge in [-0.2, -0.15) is 5.10 Å². The highest BCUT2D eigenvalue weighted by molar-refractivity contribution is 5.99. The van der Waals surface area contributed by atoms with Crippen molar-refractivity contribution in [1.82, 2.24) is 4.57 Å². The number of halogens is 1. The number of nitrogens with zero attached hydrogens (tertiary/aromatic N) is 4. The second-order valence-electron chi connectivity index (χ2n) is 6.94. The molecule has 0 unspecified atom stereocenters. The third-order valence-electron chi connectivity index (χ3n) is 4.86. The Bertz CT molecular complexity index is 1350. The molecule has 0 atom stereocenters. The summed E-state index contributed by atoms with van der Waals surface area (Å²) in [7, 11) is 0. The van der Waals surface area contributed by atoms with Crippen molar-refractivity contribution in [1.29, 1.82) is 0 Å². The van der Waals surface area contributed by atoms with E-state index < -0.39 is 15.5 Å². The number of rotatable bonds is 7. The molecular weight excluding hydrogens is 417 g/mol. The number of nitrogens with one attached hydrogen (secondary N) is 1. The van der Waals surface area contributed by atoms with Crippen LogP contribution in [0.5, 0.6) is 0 Å². The van der Waals surface area contributed by atoms with Gasteiger partial charge >= 0.3 is 5.69 Å². The molecule has 0 saturated heterocycles. The average Bonchev–Trinajstić information content (AvgIpc) is 3.13. The SMILES string of the molecule is O=[N+]([O-])c1ccc(N/N=C\c2cn(Cc3ccc(F)cc3)c3ccccc23)c([N+](=O)[O-])c1. The number of fused-ring (bicyclic) bond motifs is 1. The Morgan fingerprint density at radius 1 is 1.00 bits per heavy atom. The van der Waals surface area contributed by atoms with E-state index in [4.69, 9.17) is 0 Å². The Labute approximate surface area is 180 Å². The van der Waals surface area contributed by atoms with E-state index in [-0.39, 0.29) is 17.2 Å². The maximum absolute atomic E-state index is 13.2. The zero-order chi connectivity index (χ0) is 22.7. The number of nitro groups is 2. The highest BCUT2D eigenvalue weighted by Crippen LogP contribution is 2.29. The van der Waals surface area contributed by atoms with E-state index in [2.05, 4.69) is 10.5 Å². The largest absolute Gasteiger partial charge is 0.342 e. The topological polar surface area (TPSA) is 116 Å². The first-order chi connectivity index (χ1) is 15.4. The first-order valence-electron chi connectivity index (χ1n) is 9.46. The number of hydrogen-bond donors (Lipinski definition) is 1. The Morgan fingerprint density at radius 2 is 1.75 bits per heavy atom. The summed E-state index contributed by atoms with van der Waals surface area (Å²) in [5.41, 5.74) is 4.43. The van der Waals surface area contributed by atoms with Gasteiger partial charge in [0.15, 0.2) is 0 Å². The van der Waals surface area contributed by atoms with E-state index in [1.807, 2.05) is 35.0 Å². The van der Waals surface area contributed by atoms with Crippen LogP contribution in [0.2, 0.25) is 0 Å². The summed E-state index contributed by atoms with van der Waals surface area (Å²) in [5, 5.41) is 27.2. The maximum Gasteiger partial charge on any atom is 0.301 e. The predicted molar refractivity (Wildman–Crippen MR) is 118 cm³/mol. The Morgan fingerprint density at radius 3 is 2.47 bits per heavy atom. The summed E-state index contributed by atoms with van der Waals surface area (Å²) < 4.78 is 15.2. The van der Waals surface area contributed by atoms with Crippen molar-refractivity contribution in [3.63, 3.8) is 0 Å².